The van der Waals surface area contributed by atoms with E-state index < -0.39 is 0 Å². The molecule has 0 aliphatic carbocycles. The van der Waals surface area contributed by atoms with E-state index in [0.717, 1.165) is 13.0 Å². The van der Waals surface area contributed by atoms with Gasteiger partial charge in [0.1, 0.15) is 6.04 Å². The van der Waals surface area contributed by atoms with Gasteiger partial charge in [0.15, 0.2) is 0 Å². The summed E-state index contributed by atoms with van der Waals surface area (Å²) < 4.78 is 5.08. The van der Waals surface area contributed by atoms with Gasteiger partial charge in [0, 0.05) is 6.54 Å². The Bertz CT molecular complexity index is 280. The molecule has 20 heavy (non-hydrogen) atoms. The van der Waals surface area contributed by atoms with E-state index in [9.17, 15) is 4.79 Å². The van der Waals surface area contributed by atoms with Gasteiger partial charge in [-0.2, -0.15) is 0 Å². The zero-order valence-electron chi connectivity index (χ0n) is 13.7. The van der Waals surface area contributed by atoms with Crippen LogP contribution in [0.4, 0.5) is 0 Å². The highest BCUT2D eigenvalue weighted by Gasteiger charge is 2.31. The largest absolute Gasteiger partial charge is 0.465 e. The predicted molar refractivity (Wildman–Crippen MR) is 82.8 cm³/mol. The Morgan fingerprint density at radius 2 is 1.85 bits per heavy atom. The first-order valence-electron chi connectivity index (χ1n) is 8.17. The van der Waals surface area contributed by atoms with Gasteiger partial charge >= 0.3 is 5.97 Å². The van der Waals surface area contributed by atoms with Crippen molar-refractivity contribution < 1.29 is 9.53 Å². The topological polar surface area (TPSA) is 41.6 Å². The van der Waals surface area contributed by atoms with Crippen LogP contribution < -0.4 is 5.32 Å². The van der Waals surface area contributed by atoms with Crippen LogP contribution in [0, 0.1) is 5.41 Å². The molecular formula is C16H32N2O2. The zero-order valence-corrected chi connectivity index (χ0v) is 13.7. The number of piperidine rings is 1. The van der Waals surface area contributed by atoms with E-state index in [1.165, 1.54) is 38.8 Å². The molecule has 1 saturated heterocycles. The van der Waals surface area contributed by atoms with E-state index in [-0.39, 0.29) is 12.0 Å². The van der Waals surface area contributed by atoms with E-state index in [1.807, 2.05) is 14.0 Å². The van der Waals surface area contributed by atoms with Gasteiger partial charge < -0.3 is 15.0 Å². The highest BCUT2D eigenvalue weighted by atomic mass is 16.5. The first-order valence-corrected chi connectivity index (χ1v) is 8.17. The molecule has 0 aromatic rings. The fourth-order valence-corrected chi connectivity index (χ4v) is 3.14. The maximum atomic E-state index is 11.7. The lowest BCUT2D eigenvalue weighted by atomic mass is 9.74. The van der Waals surface area contributed by atoms with Crippen molar-refractivity contribution in [2.24, 2.45) is 5.41 Å². The number of carbonyl (C=O) groups excluding carboxylic acids is 1. The van der Waals surface area contributed by atoms with Crippen molar-refractivity contribution in [3.63, 3.8) is 0 Å². The van der Waals surface area contributed by atoms with Crippen molar-refractivity contribution in [3.05, 3.63) is 0 Å². The van der Waals surface area contributed by atoms with Crippen LogP contribution in [-0.2, 0) is 9.53 Å². The van der Waals surface area contributed by atoms with E-state index in [4.69, 9.17) is 4.74 Å². The average Bonchev–Trinajstić information content (AvgIpc) is 2.49. The van der Waals surface area contributed by atoms with Gasteiger partial charge in [-0.1, -0.05) is 26.7 Å². The number of likely N-dealkylation sites (N-methyl/N-ethyl adjacent to an activating group) is 1. The van der Waals surface area contributed by atoms with Gasteiger partial charge in [-0.25, -0.2) is 0 Å². The number of nitrogens with zero attached hydrogens (tertiary/aromatic N) is 1. The molecule has 0 bridgehead atoms. The van der Waals surface area contributed by atoms with Gasteiger partial charge in [-0.15, -0.1) is 0 Å². The summed E-state index contributed by atoms with van der Waals surface area (Å²) >= 11 is 0. The third-order valence-electron chi connectivity index (χ3n) is 5.07. The van der Waals surface area contributed by atoms with E-state index >= 15 is 0 Å². The maximum Gasteiger partial charge on any atom is 0.323 e. The quantitative estimate of drug-likeness (QED) is 0.695. The Labute approximate surface area is 124 Å². The van der Waals surface area contributed by atoms with E-state index in [1.54, 1.807) is 0 Å². The molecule has 0 spiro atoms. The Kier molecular flexibility index (Phi) is 7.52. The number of ether oxygens (including phenoxy) is 1. The Balaban J connectivity index is 2.34. The fraction of sp³-hybridized carbons (Fsp3) is 0.938. The van der Waals surface area contributed by atoms with Crippen molar-refractivity contribution in [3.8, 4) is 0 Å². The molecule has 1 rings (SSSR count). The van der Waals surface area contributed by atoms with Crippen LogP contribution in [0.5, 0.6) is 0 Å². The number of nitrogens with one attached hydrogen (secondary N) is 1. The lowest BCUT2D eigenvalue weighted by molar-refractivity contribution is -0.145. The summed E-state index contributed by atoms with van der Waals surface area (Å²) in [7, 11) is 1.83. The molecule has 0 aromatic heterocycles. The highest BCUT2D eigenvalue weighted by Crippen LogP contribution is 2.37. The summed E-state index contributed by atoms with van der Waals surface area (Å²) in [6, 6.07) is -0.168. The molecule has 0 saturated carbocycles. The molecule has 118 valence electrons. The molecule has 1 N–H and O–H groups in total. The molecule has 4 heteroatoms. The number of carbonyl (C=O) groups is 1. The van der Waals surface area contributed by atoms with Gasteiger partial charge in [0.25, 0.3) is 0 Å². The number of likely N-dealkylation sites (tertiary alicyclic amines) is 1. The summed E-state index contributed by atoms with van der Waals surface area (Å²) in [5.41, 5.74) is 0.569. The van der Waals surface area contributed by atoms with Gasteiger partial charge in [0.05, 0.1) is 6.61 Å². The molecule has 0 amide bonds. The van der Waals surface area contributed by atoms with Crippen LogP contribution in [0.25, 0.3) is 0 Å². The first-order chi connectivity index (χ1) is 9.60. The van der Waals surface area contributed by atoms with Crippen molar-refractivity contribution in [2.45, 2.75) is 58.9 Å². The van der Waals surface area contributed by atoms with Crippen LogP contribution in [0.15, 0.2) is 0 Å². The molecule has 0 aromatic carbocycles. The van der Waals surface area contributed by atoms with Crippen molar-refractivity contribution in [2.75, 3.05) is 33.3 Å². The summed E-state index contributed by atoms with van der Waals surface area (Å²) in [6.45, 7) is 10.3. The normalized spacial score (nSPS) is 20.6. The van der Waals surface area contributed by atoms with E-state index in [2.05, 4.69) is 24.1 Å². The molecule has 1 heterocycles. The van der Waals surface area contributed by atoms with Crippen molar-refractivity contribution in [1.82, 2.24) is 10.2 Å². The Hall–Kier alpha value is -0.610. The maximum absolute atomic E-state index is 11.7. The molecule has 1 unspecified atom stereocenters. The molecule has 0 radical (unpaired) electrons. The molecule has 1 fully saturated rings. The Morgan fingerprint density at radius 1 is 1.25 bits per heavy atom. The number of hydrogen-bond donors (Lipinski definition) is 1. The number of rotatable bonds is 8. The molecule has 1 aliphatic heterocycles. The zero-order chi connectivity index (χ0) is 15.0. The third-order valence-corrected chi connectivity index (χ3v) is 5.07. The first kappa shape index (κ1) is 17.4. The van der Waals surface area contributed by atoms with Crippen molar-refractivity contribution in [1.29, 1.82) is 0 Å². The third kappa shape index (κ3) is 4.74. The monoisotopic (exact) mass is 284 g/mol. The minimum atomic E-state index is -0.168. The van der Waals surface area contributed by atoms with Crippen LogP contribution in [0.3, 0.4) is 0 Å². The smallest absolute Gasteiger partial charge is 0.323 e. The van der Waals surface area contributed by atoms with Crippen LogP contribution >= 0.6 is 0 Å². The second kappa shape index (κ2) is 8.63. The molecule has 4 nitrogen and oxygen atoms in total. The summed E-state index contributed by atoms with van der Waals surface area (Å²) in [6.07, 6.45) is 6.01. The van der Waals surface area contributed by atoms with E-state index in [0.29, 0.717) is 12.0 Å². The highest BCUT2D eigenvalue weighted by molar-refractivity contribution is 5.75. The number of esters is 1. The molecule has 1 atom stereocenters. The number of hydrogen-bond acceptors (Lipinski definition) is 4. The van der Waals surface area contributed by atoms with Crippen LogP contribution in [0.1, 0.15) is 52.9 Å². The minimum absolute atomic E-state index is 0.122. The van der Waals surface area contributed by atoms with Gasteiger partial charge in [-0.3, -0.25) is 4.79 Å². The molecular weight excluding hydrogens is 252 g/mol. The summed E-state index contributed by atoms with van der Waals surface area (Å²) in [5, 5.41) is 3.06. The van der Waals surface area contributed by atoms with Gasteiger partial charge in [0.2, 0.25) is 0 Å². The fourth-order valence-electron chi connectivity index (χ4n) is 3.14. The lowest BCUT2D eigenvalue weighted by Gasteiger charge is -2.41. The standard InChI is InChI=1S/C16H32N2O2/c1-5-16(6-2)9-12-18(13-10-16)11-8-14(17-4)15(19)20-7-3/h14,17H,5-13H2,1-4H3. The predicted octanol–water partition coefficient (Wildman–Crippen LogP) is 2.43. The van der Waals surface area contributed by atoms with Crippen molar-refractivity contribution >= 4 is 5.97 Å². The average molecular weight is 284 g/mol. The second-order valence-electron chi connectivity index (χ2n) is 5.93. The second-order valence-corrected chi connectivity index (χ2v) is 5.93. The Morgan fingerprint density at radius 3 is 2.30 bits per heavy atom. The lowest BCUT2D eigenvalue weighted by Crippen LogP contribution is -2.43. The van der Waals surface area contributed by atoms with Gasteiger partial charge in [-0.05, 0) is 51.7 Å². The SMILES string of the molecule is CCOC(=O)C(CCN1CCC(CC)(CC)CC1)NC. The van der Waals surface area contributed by atoms with Crippen LogP contribution in [0.2, 0.25) is 0 Å². The van der Waals surface area contributed by atoms with Crippen LogP contribution in [-0.4, -0.2) is 50.2 Å². The summed E-state index contributed by atoms with van der Waals surface area (Å²) in [5.74, 6) is -0.122. The minimum Gasteiger partial charge on any atom is -0.465 e. The summed E-state index contributed by atoms with van der Waals surface area (Å²) in [4.78, 5) is 14.2. The molecule has 1 aliphatic rings.